The van der Waals surface area contributed by atoms with Crippen molar-refractivity contribution in [3.8, 4) is 0 Å². The van der Waals surface area contributed by atoms with Crippen molar-refractivity contribution in [2.45, 2.75) is 26.8 Å². The molecule has 0 saturated heterocycles. The molecule has 1 aromatic heterocycles. The summed E-state index contributed by atoms with van der Waals surface area (Å²) in [4.78, 5) is 5.57. The van der Waals surface area contributed by atoms with Gasteiger partial charge in [-0.2, -0.15) is 0 Å². The van der Waals surface area contributed by atoms with E-state index in [9.17, 15) is 0 Å². The Bertz CT molecular complexity index is 565. The second-order valence-corrected chi connectivity index (χ2v) is 5.93. The summed E-state index contributed by atoms with van der Waals surface area (Å²) in [5.41, 5.74) is 5.98. The first-order valence-corrected chi connectivity index (χ1v) is 6.88. The van der Waals surface area contributed by atoms with Gasteiger partial charge in [0, 0.05) is 5.02 Å². The van der Waals surface area contributed by atoms with Crippen molar-refractivity contribution >= 4 is 22.9 Å². The molecule has 0 aliphatic rings. The van der Waals surface area contributed by atoms with E-state index in [0.717, 1.165) is 31.7 Å². The topological polar surface area (TPSA) is 50.9 Å². The van der Waals surface area contributed by atoms with Crippen LogP contribution in [0.15, 0.2) is 18.2 Å². The second-order valence-electron chi connectivity index (χ2n) is 4.29. The summed E-state index contributed by atoms with van der Waals surface area (Å²) in [7, 11) is 0. The summed E-state index contributed by atoms with van der Waals surface area (Å²) in [5, 5.41) is 1.80. The van der Waals surface area contributed by atoms with Crippen LogP contribution in [0, 0.1) is 20.8 Å². The predicted molar refractivity (Wildman–Crippen MR) is 76.9 cm³/mol. The fourth-order valence-electron chi connectivity index (χ4n) is 1.93. The molecule has 0 spiro atoms. The molecule has 0 aliphatic carbocycles. The van der Waals surface area contributed by atoms with Crippen LogP contribution in [0.2, 0.25) is 5.02 Å². The molecule has 0 saturated carbocycles. The lowest BCUT2D eigenvalue weighted by atomic mass is 10.0. The van der Waals surface area contributed by atoms with Gasteiger partial charge in [0.2, 0.25) is 0 Å². The standard InChI is InChI=1S/C13H16ClN3S/c1-7-4-5-10(6-11(7)14)12(17-15)13-8(2)16-9(3)18-13/h4-6,12,17H,15H2,1-3H3. The van der Waals surface area contributed by atoms with Crippen molar-refractivity contribution < 1.29 is 0 Å². The molecular formula is C13H16ClN3S. The van der Waals surface area contributed by atoms with Crippen molar-refractivity contribution in [1.82, 2.24) is 10.4 Å². The summed E-state index contributed by atoms with van der Waals surface area (Å²) < 4.78 is 0. The third kappa shape index (κ3) is 2.57. The highest BCUT2D eigenvalue weighted by molar-refractivity contribution is 7.11. The number of hydrogen-bond acceptors (Lipinski definition) is 4. The number of aryl methyl sites for hydroxylation is 3. The van der Waals surface area contributed by atoms with Gasteiger partial charge in [0.25, 0.3) is 0 Å². The van der Waals surface area contributed by atoms with Gasteiger partial charge in [-0.3, -0.25) is 5.84 Å². The zero-order valence-corrected chi connectivity index (χ0v) is 12.2. The van der Waals surface area contributed by atoms with Crippen LogP contribution >= 0.6 is 22.9 Å². The minimum atomic E-state index is -0.0608. The minimum absolute atomic E-state index is 0.0608. The van der Waals surface area contributed by atoms with E-state index in [2.05, 4.69) is 10.4 Å². The van der Waals surface area contributed by atoms with Gasteiger partial charge in [0.05, 0.1) is 21.6 Å². The quantitative estimate of drug-likeness (QED) is 0.671. The maximum Gasteiger partial charge on any atom is 0.0900 e. The maximum absolute atomic E-state index is 6.17. The number of thiazole rings is 1. The number of benzene rings is 1. The number of hydrogen-bond donors (Lipinski definition) is 2. The molecule has 0 amide bonds. The Morgan fingerprint density at radius 2 is 2.06 bits per heavy atom. The van der Waals surface area contributed by atoms with Gasteiger partial charge in [-0.1, -0.05) is 23.7 Å². The molecule has 1 aromatic carbocycles. The molecule has 0 bridgehead atoms. The molecule has 0 aliphatic heterocycles. The van der Waals surface area contributed by atoms with E-state index in [1.807, 2.05) is 39.0 Å². The average Bonchev–Trinajstić information content (AvgIpc) is 2.64. The predicted octanol–water partition coefficient (Wildman–Crippen LogP) is 3.27. The lowest BCUT2D eigenvalue weighted by molar-refractivity contribution is 0.642. The molecule has 18 heavy (non-hydrogen) atoms. The summed E-state index contributed by atoms with van der Waals surface area (Å²) in [5.74, 6) is 5.69. The molecule has 3 N–H and O–H groups in total. The van der Waals surface area contributed by atoms with Crippen LogP contribution < -0.4 is 11.3 Å². The Morgan fingerprint density at radius 1 is 1.33 bits per heavy atom. The van der Waals surface area contributed by atoms with Crippen LogP contribution in [-0.2, 0) is 0 Å². The van der Waals surface area contributed by atoms with E-state index in [-0.39, 0.29) is 6.04 Å². The normalized spacial score (nSPS) is 12.7. The summed E-state index contributed by atoms with van der Waals surface area (Å²) >= 11 is 7.82. The van der Waals surface area contributed by atoms with E-state index in [4.69, 9.17) is 17.4 Å². The molecule has 0 radical (unpaired) electrons. The molecule has 3 nitrogen and oxygen atoms in total. The van der Waals surface area contributed by atoms with Crippen LogP contribution in [0.5, 0.6) is 0 Å². The van der Waals surface area contributed by atoms with E-state index in [0.29, 0.717) is 0 Å². The Balaban J connectivity index is 2.45. The first-order valence-electron chi connectivity index (χ1n) is 5.69. The summed E-state index contributed by atoms with van der Waals surface area (Å²) in [6.07, 6.45) is 0. The molecule has 2 aromatic rings. The molecule has 1 atom stereocenters. The molecule has 0 fully saturated rings. The maximum atomic E-state index is 6.17. The molecule has 1 unspecified atom stereocenters. The largest absolute Gasteiger partial charge is 0.271 e. The average molecular weight is 282 g/mol. The van der Waals surface area contributed by atoms with Gasteiger partial charge in [-0.15, -0.1) is 11.3 Å². The Morgan fingerprint density at radius 3 is 2.56 bits per heavy atom. The van der Waals surface area contributed by atoms with Crippen molar-refractivity contribution in [2.75, 3.05) is 0 Å². The molecular weight excluding hydrogens is 266 g/mol. The van der Waals surface area contributed by atoms with E-state index < -0.39 is 0 Å². The van der Waals surface area contributed by atoms with Crippen molar-refractivity contribution in [3.63, 3.8) is 0 Å². The molecule has 96 valence electrons. The van der Waals surface area contributed by atoms with E-state index in [1.165, 1.54) is 0 Å². The smallest absolute Gasteiger partial charge is 0.0900 e. The lowest BCUT2D eigenvalue weighted by Crippen LogP contribution is -2.28. The number of nitrogens with two attached hydrogens (primary N) is 1. The van der Waals surface area contributed by atoms with Crippen molar-refractivity contribution in [1.29, 1.82) is 0 Å². The van der Waals surface area contributed by atoms with Gasteiger partial charge >= 0.3 is 0 Å². The lowest BCUT2D eigenvalue weighted by Gasteiger charge is -2.16. The molecule has 2 rings (SSSR count). The highest BCUT2D eigenvalue weighted by atomic mass is 35.5. The Kier molecular flexibility index (Phi) is 4.02. The van der Waals surface area contributed by atoms with Crippen molar-refractivity contribution in [3.05, 3.63) is 49.9 Å². The summed E-state index contributed by atoms with van der Waals surface area (Å²) in [6.45, 7) is 5.98. The van der Waals surface area contributed by atoms with E-state index >= 15 is 0 Å². The highest BCUT2D eigenvalue weighted by Gasteiger charge is 2.18. The van der Waals surface area contributed by atoms with Crippen LogP contribution in [0.1, 0.15) is 32.7 Å². The number of nitrogens with one attached hydrogen (secondary N) is 1. The summed E-state index contributed by atoms with van der Waals surface area (Å²) in [6, 6.07) is 5.94. The van der Waals surface area contributed by atoms with Crippen LogP contribution in [-0.4, -0.2) is 4.98 Å². The van der Waals surface area contributed by atoms with Crippen molar-refractivity contribution in [2.24, 2.45) is 5.84 Å². The zero-order valence-electron chi connectivity index (χ0n) is 10.6. The first kappa shape index (κ1) is 13.5. The third-order valence-electron chi connectivity index (χ3n) is 2.90. The van der Waals surface area contributed by atoms with Gasteiger partial charge in [-0.05, 0) is 38.0 Å². The third-order valence-corrected chi connectivity index (χ3v) is 4.44. The monoisotopic (exact) mass is 281 g/mol. The number of aromatic nitrogens is 1. The fourth-order valence-corrected chi connectivity index (χ4v) is 3.13. The van der Waals surface area contributed by atoms with Gasteiger partial charge in [-0.25, -0.2) is 10.4 Å². The molecule has 1 heterocycles. The van der Waals surface area contributed by atoms with Gasteiger partial charge < -0.3 is 0 Å². The van der Waals surface area contributed by atoms with Crippen LogP contribution in [0.4, 0.5) is 0 Å². The van der Waals surface area contributed by atoms with E-state index in [1.54, 1.807) is 11.3 Å². The zero-order chi connectivity index (χ0) is 13.3. The highest BCUT2D eigenvalue weighted by Crippen LogP contribution is 2.31. The van der Waals surface area contributed by atoms with Gasteiger partial charge in [0.1, 0.15) is 0 Å². The molecule has 5 heteroatoms. The first-order chi connectivity index (χ1) is 8.52. The second kappa shape index (κ2) is 5.36. The minimum Gasteiger partial charge on any atom is -0.271 e. The van der Waals surface area contributed by atoms with Crippen LogP contribution in [0.25, 0.3) is 0 Å². The number of nitrogens with zero attached hydrogens (tertiary/aromatic N) is 1. The number of rotatable bonds is 3. The number of hydrazine groups is 1. The fraction of sp³-hybridized carbons (Fsp3) is 0.308. The van der Waals surface area contributed by atoms with Gasteiger partial charge in [0.15, 0.2) is 0 Å². The number of halogens is 1. The SMILES string of the molecule is Cc1nc(C)c(C(NN)c2ccc(C)c(Cl)c2)s1. The Labute approximate surface area is 116 Å². The Hall–Kier alpha value is -0.940. The van der Waals surface area contributed by atoms with Crippen LogP contribution in [0.3, 0.4) is 0 Å².